The lowest BCUT2D eigenvalue weighted by molar-refractivity contribution is -0.283. The molecular weight excluding hydrogens is 494 g/mol. The van der Waals surface area contributed by atoms with E-state index < -0.39 is 53.1 Å². The highest BCUT2D eigenvalue weighted by Gasteiger charge is 2.59. The molecule has 2 fully saturated rings. The molecule has 2 N–H and O–H groups in total. The Morgan fingerprint density at radius 2 is 1.82 bits per heavy atom. The highest BCUT2D eigenvalue weighted by Crippen LogP contribution is 2.43. The van der Waals surface area contributed by atoms with E-state index in [1.165, 1.54) is 6.08 Å². The minimum atomic E-state index is -0.910. The smallest absolute Gasteiger partial charge is 0.351 e. The molecule has 5 rings (SSSR count). The summed E-state index contributed by atoms with van der Waals surface area (Å²) in [6.45, 7) is 9.10. The van der Waals surface area contributed by atoms with Crippen LogP contribution in [-0.4, -0.2) is 58.3 Å². The van der Waals surface area contributed by atoms with E-state index in [-0.39, 0.29) is 16.5 Å². The maximum absolute atomic E-state index is 12.9. The fraction of sp³-hybridized carbons (Fsp3) is 0.429. The predicted molar refractivity (Wildman–Crippen MR) is 138 cm³/mol. The van der Waals surface area contributed by atoms with Crippen LogP contribution in [0.15, 0.2) is 45.7 Å². The summed E-state index contributed by atoms with van der Waals surface area (Å²) in [6.07, 6.45) is 0.540. The van der Waals surface area contributed by atoms with Crippen LogP contribution in [0, 0.1) is 6.92 Å². The molecule has 2 saturated heterocycles. The van der Waals surface area contributed by atoms with Crippen molar-refractivity contribution >= 4 is 22.8 Å². The third-order valence-corrected chi connectivity index (χ3v) is 6.81. The van der Waals surface area contributed by atoms with E-state index in [1.807, 2.05) is 27.7 Å². The number of benzene rings is 1. The van der Waals surface area contributed by atoms with E-state index in [0.29, 0.717) is 17.0 Å². The van der Waals surface area contributed by atoms with Crippen molar-refractivity contribution in [1.29, 1.82) is 0 Å². The fourth-order valence-corrected chi connectivity index (χ4v) is 5.12. The average molecular weight is 526 g/mol. The number of aliphatic hydroxyl groups excluding tert-OH is 1. The molecule has 0 bridgehead atoms. The predicted octanol–water partition coefficient (Wildman–Crippen LogP) is 4.31. The number of aliphatic hydroxyl groups is 1. The first kappa shape index (κ1) is 26.2. The highest BCUT2D eigenvalue weighted by molar-refractivity contribution is 5.92. The van der Waals surface area contributed by atoms with E-state index in [0.717, 1.165) is 0 Å². The van der Waals surface area contributed by atoms with Gasteiger partial charge in [-0.2, -0.15) is 0 Å². The van der Waals surface area contributed by atoms with Crippen molar-refractivity contribution in [2.75, 3.05) is 7.11 Å². The van der Waals surface area contributed by atoms with Crippen molar-refractivity contribution in [3.63, 3.8) is 0 Å². The first-order valence-electron chi connectivity index (χ1n) is 12.3. The number of aromatic hydroxyl groups is 1. The van der Waals surface area contributed by atoms with Crippen molar-refractivity contribution < 1.29 is 38.3 Å². The molecule has 38 heavy (non-hydrogen) atoms. The number of ether oxygens (including phenoxy) is 5. The number of aromatic nitrogens is 1. The van der Waals surface area contributed by atoms with Gasteiger partial charge in [-0.05, 0) is 58.9 Å². The molecule has 0 aliphatic carbocycles. The van der Waals surface area contributed by atoms with Crippen LogP contribution >= 0.6 is 0 Å². The van der Waals surface area contributed by atoms with Gasteiger partial charge in [0.15, 0.2) is 11.9 Å². The normalized spacial score (nSPS) is 26.3. The molecule has 0 amide bonds. The molecule has 202 valence electrons. The van der Waals surface area contributed by atoms with Gasteiger partial charge in [-0.3, -0.25) is 4.98 Å². The molecule has 0 radical (unpaired) electrons. The SMILES string of the molecule is CO[C@@H]1[C@H]2OC(C)(C)O[C@H]2[C@H](Oc2ccc3c(O)c(/C(O)=C/c4ccccn4)c(=O)oc3c2C)OC1(C)C. The van der Waals surface area contributed by atoms with Gasteiger partial charge >= 0.3 is 5.63 Å². The van der Waals surface area contributed by atoms with Gasteiger partial charge in [-0.1, -0.05) is 6.07 Å². The number of hydrogen-bond acceptors (Lipinski definition) is 10. The summed E-state index contributed by atoms with van der Waals surface area (Å²) >= 11 is 0. The fourth-order valence-electron chi connectivity index (χ4n) is 5.12. The van der Waals surface area contributed by atoms with Crippen LogP contribution in [0.3, 0.4) is 0 Å². The molecule has 4 atom stereocenters. The molecule has 2 aliphatic heterocycles. The number of pyridine rings is 1. The molecule has 2 aliphatic rings. The van der Waals surface area contributed by atoms with E-state index >= 15 is 0 Å². The van der Waals surface area contributed by atoms with Crippen molar-refractivity contribution in [3.05, 3.63) is 63.8 Å². The zero-order chi connectivity index (χ0) is 27.4. The minimum Gasteiger partial charge on any atom is -0.507 e. The van der Waals surface area contributed by atoms with Crippen LogP contribution in [0.5, 0.6) is 11.5 Å². The van der Waals surface area contributed by atoms with Gasteiger partial charge in [-0.25, -0.2) is 4.79 Å². The van der Waals surface area contributed by atoms with Gasteiger partial charge < -0.3 is 38.3 Å². The first-order valence-corrected chi connectivity index (χ1v) is 12.3. The molecule has 2 aromatic heterocycles. The molecule has 10 nitrogen and oxygen atoms in total. The third kappa shape index (κ3) is 4.54. The van der Waals surface area contributed by atoms with Crippen molar-refractivity contribution in [2.45, 2.75) is 70.6 Å². The van der Waals surface area contributed by atoms with Crippen LogP contribution in [0.25, 0.3) is 22.8 Å². The molecule has 0 unspecified atom stereocenters. The Morgan fingerprint density at radius 1 is 1.08 bits per heavy atom. The number of aryl methyl sites for hydroxylation is 1. The summed E-state index contributed by atoms with van der Waals surface area (Å²) in [4.78, 5) is 16.9. The van der Waals surface area contributed by atoms with Crippen molar-refractivity contribution in [2.24, 2.45) is 0 Å². The highest BCUT2D eigenvalue weighted by atomic mass is 16.8. The molecule has 0 saturated carbocycles. The zero-order valence-electron chi connectivity index (χ0n) is 22.1. The zero-order valence-corrected chi connectivity index (χ0v) is 22.1. The summed E-state index contributed by atoms with van der Waals surface area (Å²) in [7, 11) is 1.60. The van der Waals surface area contributed by atoms with Gasteiger partial charge in [0.2, 0.25) is 6.29 Å². The maximum Gasteiger partial charge on any atom is 0.351 e. The molecular formula is C28H31NO9. The Morgan fingerprint density at radius 3 is 2.50 bits per heavy atom. The van der Waals surface area contributed by atoms with E-state index in [2.05, 4.69) is 4.98 Å². The second kappa shape index (κ2) is 9.39. The third-order valence-electron chi connectivity index (χ3n) is 6.81. The number of methoxy groups -OCH3 is 1. The molecule has 1 aromatic carbocycles. The molecule has 3 aromatic rings. The van der Waals surface area contributed by atoms with Gasteiger partial charge in [0.25, 0.3) is 0 Å². The minimum absolute atomic E-state index is 0.115. The van der Waals surface area contributed by atoms with E-state index in [4.69, 9.17) is 28.1 Å². The van der Waals surface area contributed by atoms with Gasteiger partial charge in [0, 0.05) is 24.9 Å². The molecule has 0 spiro atoms. The summed E-state index contributed by atoms with van der Waals surface area (Å²) < 4.78 is 36.0. The van der Waals surface area contributed by atoms with Crippen LogP contribution < -0.4 is 10.4 Å². The van der Waals surface area contributed by atoms with Crippen LogP contribution in [-0.2, 0) is 18.9 Å². The molecule has 4 heterocycles. The Balaban J connectivity index is 1.51. The van der Waals surface area contributed by atoms with Gasteiger partial charge in [0.1, 0.15) is 40.6 Å². The Kier molecular flexibility index (Phi) is 6.47. The van der Waals surface area contributed by atoms with Crippen LogP contribution in [0.2, 0.25) is 0 Å². The number of fused-ring (bicyclic) bond motifs is 2. The lowest BCUT2D eigenvalue weighted by atomic mass is 9.89. The van der Waals surface area contributed by atoms with Crippen LogP contribution in [0.1, 0.15) is 44.5 Å². The second-order valence-corrected chi connectivity index (χ2v) is 10.4. The van der Waals surface area contributed by atoms with Gasteiger partial charge in [-0.15, -0.1) is 0 Å². The number of hydrogen-bond donors (Lipinski definition) is 2. The monoisotopic (exact) mass is 525 g/mol. The first-order chi connectivity index (χ1) is 17.9. The van der Waals surface area contributed by atoms with Gasteiger partial charge in [0.05, 0.1) is 16.7 Å². The quantitative estimate of drug-likeness (QED) is 0.367. The van der Waals surface area contributed by atoms with E-state index in [1.54, 1.807) is 50.6 Å². The lowest BCUT2D eigenvalue weighted by Crippen LogP contribution is -2.62. The van der Waals surface area contributed by atoms with Crippen molar-refractivity contribution in [1.82, 2.24) is 4.98 Å². The Labute approximate surface area is 219 Å². The number of nitrogens with zero attached hydrogens (tertiary/aromatic N) is 1. The summed E-state index contributed by atoms with van der Waals surface area (Å²) in [5.41, 5.74) is -1.04. The van der Waals surface area contributed by atoms with Crippen molar-refractivity contribution in [3.8, 4) is 11.5 Å². The Bertz CT molecular complexity index is 1440. The van der Waals surface area contributed by atoms with E-state index in [9.17, 15) is 15.0 Å². The standard InChI is InChI=1S/C28H31NO9/c1-14-18(34-26-23-22(36-28(4,5)37-23)24(33-6)27(2,3)38-26)11-10-16-20(31)19(25(32)35-21(14)16)17(30)13-15-9-7-8-12-29-15/h7-13,22-24,26,30-31H,1-6H3/b17-13-/t22-,23+,24+,26+/m0/s1. The second-order valence-electron chi connectivity index (χ2n) is 10.4. The topological polar surface area (TPSA) is 130 Å². The maximum atomic E-state index is 12.9. The molecule has 10 heteroatoms. The van der Waals surface area contributed by atoms with Crippen LogP contribution in [0.4, 0.5) is 0 Å². The Hall–Kier alpha value is -3.44. The summed E-state index contributed by atoms with van der Waals surface area (Å²) in [5.74, 6) is -1.38. The summed E-state index contributed by atoms with van der Waals surface area (Å²) in [5, 5.41) is 21.7. The largest absolute Gasteiger partial charge is 0.507 e. The summed E-state index contributed by atoms with van der Waals surface area (Å²) in [6, 6.07) is 8.29. The number of rotatable bonds is 5. The average Bonchev–Trinajstić information content (AvgIpc) is 3.16. The lowest BCUT2D eigenvalue weighted by Gasteiger charge is -2.46.